The molecule has 1 aromatic heterocycles. The van der Waals surface area contributed by atoms with Gasteiger partial charge in [-0.15, -0.1) is 0 Å². The lowest BCUT2D eigenvalue weighted by molar-refractivity contribution is 0.528. The number of hydrogen-bond acceptors (Lipinski definition) is 4. The minimum Gasteiger partial charge on any atom is -0.372 e. The van der Waals surface area contributed by atoms with E-state index in [-0.39, 0.29) is 5.56 Å². The predicted octanol–water partition coefficient (Wildman–Crippen LogP) is 0.828. The van der Waals surface area contributed by atoms with Crippen molar-refractivity contribution in [2.45, 2.75) is 32.7 Å². The summed E-state index contributed by atoms with van der Waals surface area (Å²) in [7, 11) is 1.91. The highest BCUT2D eigenvalue weighted by Gasteiger charge is 2.03. The molecule has 1 heterocycles. The topological polar surface area (TPSA) is 64.2 Å². The Kier molecular flexibility index (Phi) is 5.69. The number of hydrogen-bond donors (Lipinski definition) is 1. The Balaban J connectivity index is 2.69. The van der Waals surface area contributed by atoms with Crippen LogP contribution in [-0.4, -0.2) is 29.9 Å². The van der Waals surface area contributed by atoms with Crippen LogP contribution < -0.4 is 16.2 Å². The van der Waals surface area contributed by atoms with Crippen LogP contribution >= 0.6 is 0 Å². The van der Waals surface area contributed by atoms with Gasteiger partial charge in [-0.2, -0.15) is 5.10 Å². The lowest BCUT2D eigenvalue weighted by atomic mass is 10.2. The van der Waals surface area contributed by atoms with Crippen LogP contribution in [0.15, 0.2) is 17.1 Å². The van der Waals surface area contributed by atoms with Gasteiger partial charge in [-0.25, -0.2) is 4.68 Å². The van der Waals surface area contributed by atoms with Gasteiger partial charge in [0.15, 0.2) is 0 Å². The molecule has 1 aromatic rings. The molecule has 2 N–H and O–H groups in total. The third kappa shape index (κ3) is 4.19. The molecule has 0 aliphatic carbocycles. The largest absolute Gasteiger partial charge is 0.372 e. The highest BCUT2D eigenvalue weighted by atomic mass is 16.1. The number of rotatable bonds is 7. The molecule has 0 radical (unpaired) electrons. The predicted molar refractivity (Wildman–Crippen MR) is 70.3 cm³/mol. The van der Waals surface area contributed by atoms with Gasteiger partial charge in [0.25, 0.3) is 5.56 Å². The van der Waals surface area contributed by atoms with E-state index in [2.05, 4.69) is 12.0 Å². The molecule has 0 bridgehead atoms. The van der Waals surface area contributed by atoms with Gasteiger partial charge in [-0.1, -0.05) is 19.8 Å². The zero-order chi connectivity index (χ0) is 12.7. The van der Waals surface area contributed by atoms with E-state index in [4.69, 9.17) is 5.73 Å². The molecule has 96 valence electrons. The summed E-state index contributed by atoms with van der Waals surface area (Å²) in [5.41, 5.74) is 6.26. The van der Waals surface area contributed by atoms with Crippen LogP contribution in [-0.2, 0) is 6.54 Å². The van der Waals surface area contributed by atoms with E-state index in [1.165, 1.54) is 4.68 Å². The first-order chi connectivity index (χ1) is 8.19. The minimum absolute atomic E-state index is 0.0394. The van der Waals surface area contributed by atoms with Crippen molar-refractivity contribution in [3.63, 3.8) is 0 Å². The van der Waals surface area contributed by atoms with Gasteiger partial charge in [0.2, 0.25) is 0 Å². The summed E-state index contributed by atoms with van der Waals surface area (Å²) in [5, 5.41) is 4.18. The van der Waals surface area contributed by atoms with Crippen LogP contribution in [0.4, 0.5) is 5.69 Å². The Morgan fingerprint density at radius 3 is 2.82 bits per heavy atom. The SMILES string of the molecule is CCCCCn1ncc(N(C)CCN)cc1=O. The van der Waals surface area contributed by atoms with E-state index in [0.717, 1.165) is 31.5 Å². The molecule has 0 aliphatic heterocycles. The first kappa shape index (κ1) is 13.7. The Hall–Kier alpha value is -1.36. The quantitative estimate of drug-likeness (QED) is 0.715. The van der Waals surface area contributed by atoms with E-state index in [1.54, 1.807) is 12.3 Å². The third-order valence-corrected chi connectivity index (χ3v) is 2.73. The van der Waals surface area contributed by atoms with E-state index in [9.17, 15) is 4.79 Å². The lowest BCUT2D eigenvalue weighted by Gasteiger charge is -2.17. The smallest absolute Gasteiger partial charge is 0.268 e. The van der Waals surface area contributed by atoms with Crippen LogP contribution in [0.2, 0.25) is 0 Å². The molecular formula is C12H22N4O. The zero-order valence-corrected chi connectivity index (χ0v) is 10.7. The van der Waals surface area contributed by atoms with E-state index in [1.807, 2.05) is 11.9 Å². The maximum atomic E-state index is 11.8. The van der Waals surface area contributed by atoms with Gasteiger partial charge >= 0.3 is 0 Å². The number of unbranched alkanes of at least 4 members (excludes halogenated alkanes) is 2. The number of nitrogens with two attached hydrogens (primary N) is 1. The summed E-state index contributed by atoms with van der Waals surface area (Å²) in [6, 6.07) is 1.62. The molecular weight excluding hydrogens is 216 g/mol. The fourth-order valence-corrected chi connectivity index (χ4v) is 1.64. The van der Waals surface area contributed by atoms with Crippen LogP contribution in [0.5, 0.6) is 0 Å². The second kappa shape index (κ2) is 7.06. The van der Waals surface area contributed by atoms with Gasteiger partial charge in [-0.05, 0) is 6.42 Å². The normalized spacial score (nSPS) is 10.5. The molecule has 0 amide bonds. The fourth-order valence-electron chi connectivity index (χ4n) is 1.64. The minimum atomic E-state index is -0.0394. The molecule has 1 rings (SSSR count). The molecule has 0 aromatic carbocycles. The van der Waals surface area contributed by atoms with Crippen LogP contribution in [0.3, 0.4) is 0 Å². The third-order valence-electron chi connectivity index (χ3n) is 2.73. The molecule has 0 saturated heterocycles. The molecule has 0 aliphatic rings. The highest BCUT2D eigenvalue weighted by molar-refractivity contribution is 5.41. The first-order valence-electron chi connectivity index (χ1n) is 6.17. The standard InChI is InChI=1S/C12H22N4O/c1-3-4-5-7-16-12(17)9-11(10-14-16)15(2)8-6-13/h9-10H,3-8,13H2,1-2H3. The van der Waals surface area contributed by atoms with E-state index in [0.29, 0.717) is 13.1 Å². The molecule has 5 nitrogen and oxygen atoms in total. The van der Waals surface area contributed by atoms with Gasteiger partial charge in [0.05, 0.1) is 11.9 Å². The first-order valence-corrected chi connectivity index (χ1v) is 6.17. The van der Waals surface area contributed by atoms with E-state index < -0.39 is 0 Å². The van der Waals surface area contributed by atoms with Crippen molar-refractivity contribution in [2.75, 3.05) is 25.0 Å². The molecule has 5 heteroatoms. The Bertz CT molecular complexity index is 388. The number of aromatic nitrogens is 2. The molecule has 0 fully saturated rings. The molecule has 17 heavy (non-hydrogen) atoms. The number of aryl methyl sites for hydroxylation is 1. The van der Waals surface area contributed by atoms with Gasteiger partial charge in [0, 0.05) is 32.7 Å². The van der Waals surface area contributed by atoms with Gasteiger partial charge in [-0.3, -0.25) is 4.79 Å². The summed E-state index contributed by atoms with van der Waals surface area (Å²) >= 11 is 0. The maximum Gasteiger partial charge on any atom is 0.268 e. The van der Waals surface area contributed by atoms with Crippen molar-refractivity contribution in [3.8, 4) is 0 Å². The summed E-state index contributed by atoms with van der Waals surface area (Å²) < 4.78 is 1.52. The average molecular weight is 238 g/mol. The monoisotopic (exact) mass is 238 g/mol. The second-order valence-electron chi connectivity index (χ2n) is 4.19. The molecule has 0 spiro atoms. The molecule has 0 atom stereocenters. The Morgan fingerprint density at radius 2 is 2.24 bits per heavy atom. The van der Waals surface area contributed by atoms with Gasteiger partial charge < -0.3 is 10.6 Å². The Morgan fingerprint density at radius 1 is 1.47 bits per heavy atom. The zero-order valence-electron chi connectivity index (χ0n) is 10.7. The number of nitrogens with zero attached hydrogens (tertiary/aromatic N) is 3. The van der Waals surface area contributed by atoms with Crippen molar-refractivity contribution in [1.29, 1.82) is 0 Å². The van der Waals surface area contributed by atoms with Gasteiger partial charge in [0.1, 0.15) is 0 Å². The van der Waals surface area contributed by atoms with Crippen molar-refractivity contribution < 1.29 is 0 Å². The highest BCUT2D eigenvalue weighted by Crippen LogP contribution is 2.06. The van der Waals surface area contributed by atoms with Crippen molar-refractivity contribution in [1.82, 2.24) is 9.78 Å². The fraction of sp³-hybridized carbons (Fsp3) is 0.667. The second-order valence-corrected chi connectivity index (χ2v) is 4.19. The van der Waals surface area contributed by atoms with E-state index >= 15 is 0 Å². The number of anilines is 1. The Labute approximate surface area is 102 Å². The maximum absolute atomic E-state index is 11.8. The summed E-state index contributed by atoms with van der Waals surface area (Å²) in [5.74, 6) is 0. The molecule has 0 saturated carbocycles. The van der Waals surface area contributed by atoms with Crippen LogP contribution in [0, 0.1) is 0 Å². The molecule has 0 unspecified atom stereocenters. The van der Waals surface area contributed by atoms with Crippen LogP contribution in [0.1, 0.15) is 26.2 Å². The summed E-state index contributed by atoms with van der Waals surface area (Å²) in [6.45, 7) is 4.13. The van der Waals surface area contributed by atoms with Crippen molar-refractivity contribution >= 4 is 5.69 Å². The number of likely N-dealkylation sites (N-methyl/N-ethyl adjacent to an activating group) is 1. The van der Waals surface area contributed by atoms with Crippen molar-refractivity contribution in [3.05, 3.63) is 22.6 Å². The lowest BCUT2D eigenvalue weighted by Crippen LogP contribution is -2.28. The summed E-state index contributed by atoms with van der Waals surface area (Å²) in [6.07, 6.45) is 5.00. The van der Waals surface area contributed by atoms with Crippen LogP contribution in [0.25, 0.3) is 0 Å². The average Bonchev–Trinajstić information content (AvgIpc) is 2.31. The summed E-state index contributed by atoms with van der Waals surface area (Å²) in [4.78, 5) is 13.7. The van der Waals surface area contributed by atoms with Crippen molar-refractivity contribution in [2.24, 2.45) is 5.73 Å².